The Balaban J connectivity index is 1.68. The summed E-state index contributed by atoms with van der Waals surface area (Å²) in [5, 5.41) is 2.99. The van der Waals surface area contributed by atoms with E-state index < -0.39 is 5.82 Å². The first-order valence-electron chi connectivity index (χ1n) is 7.42. The maximum absolute atomic E-state index is 12.8. The maximum atomic E-state index is 12.8. The average Bonchev–Trinajstić information content (AvgIpc) is 2.57. The molecule has 7 heteroatoms. The van der Waals surface area contributed by atoms with E-state index in [2.05, 4.69) is 37.0 Å². The number of aromatic nitrogens is 3. The Labute approximate surface area is 129 Å². The summed E-state index contributed by atoms with van der Waals surface area (Å²) in [5.41, 5.74) is 1.12. The van der Waals surface area contributed by atoms with Crippen LogP contribution in [0.4, 0.5) is 21.8 Å². The van der Waals surface area contributed by atoms with Gasteiger partial charge in [0.15, 0.2) is 5.82 Å². The Hall–Kier alpha value is -2.28. The number of rotatable bonds is 4. The van der Waals surface area contributed by atoms with Crippen molar-refractivity contribution in [3.63, 3.8) is 0 Å². The zero-order valence-corrected chi connectivity index (χ0v) is 12.5. The highest BCUT2D eigenvalue weighted by molar-refractivity contribution is 5.57. The molecule has 0 amide bonds. The largest absolute Gasteiger partial charge is 0.369 e. The van der Waals surface area contributed by atoms with Crippen molar-refractivity contribution >= 4 is 17.5 Å². The van der Waals surface area contributed by atoms with E-state index in [0.29, 0.717) is 11.8 Å². The molecule has 1 aliphatic heterocycles. The minimum atomic E-state index is -0.457. The van der Waals surface area contributed by atoms with Crippen LogP contribution in [0.15, 0.2) is 30.7 Å². The van der Waals surface area contributed by atoms with Gasteiger partial charge in [0.05, 0.1) is 12.4 Å². The molecule has 1 fully saturated rings. The summed E-state index contributed by atoms with van der Waals surface area (Å²) < 4.78 is 12.8. The van der Waals surface area contributed by atoms with Crippen LogP contribution in [0.2, 0.25) is 0 Å². The molecule has 0 saturated carbocycles. The molecule has 1 N–H and O–H groups in total. The van der Waals surface area contributed by atoms with Crippen molar-refractivity contribution < 1.29 is 4.39 Å². The number of pyridine rings is 1. The van der Waals surface area contributed by atoms with E-state index in [-0.39, 0.29) is 0 Å². The zero-order chi connectivity index (χ0) is 15.4. The van der Waals surface area contributed by atoms with Crippen molar-refractivity contribution in [1.82, 2.24) is 19.9 Å². The van der Waals surface area contributed by atoms with Gasteiger partial charge in [-0.05, 0) is 12.6 Å². The average molecular weight is 302 g/mol. The van der Waals surface area contributed by atoms with Crippen LogP contribution in [0.3, 0.4) is 0 Å². The predicted octanol–water partition coefficient (Wildman–Crippen LogP) is 1.90. The van der Waals surface area contributed by atoms with Crippen LogP contribution in [-0.2, 0) is 0 Å². The third-order valence-corrected chi connectivity index (χ3v) is 3.79. The number of hydrogen-bond acceptors (Lipinski definition) is 6. The van der Waals surface area contributed by atoms with Crippen LogP contribution >= 0.6 is 0 Å². The summed E-state index contributed by atoms with van der Waals surface area (Å²) >= 11 is 0. The summed E-state index contributed by atoms with van der Waals surface area (Å²) in [6.07, 6.45) is 4.01. The number of halogens is 1. The second-order valence-electron chi connectivity index (χ2n) is 5.17. The minimum Gasteiger partial charge on any atom is -0.369 e. The number of piperazine rings is 1. The fourth-order valence-electron chi connectivity index (χ4n) is 2.50. The van der Waals surface area contributed by atoms with Gasteiger partial charge in [-0.15, -0.1) is 0 Å². The number of nitrogens with one attached hydrogen (secondary N) is 1. The molecule has 2 aromatic heterocycles. The number of anilines is 3. The van der Waals surface area contributed by atoms with Gasteiger partial charge in [-0.2, -0.15) is 0 Å². The third-order valence-electron chi connectivity index (χ3n) is 3.79. The standard InChI is InChI=1S/C15H19FN6/c1-2-21-5-7-22(8-6-21)13-3-4-17-14(9-13)20-15-18-10-12(16)11-19-15/h3-4,9-11H,2,5-8H2,1H3,(H,17,18,19,20). The van der Waals surface area contributed by atoms with E-state index in [4.69, 9.17) is 0 Å². The molecule has 3 heterocycles. The van der Waals surface area contributed by atoms with Gasteiger partial charge in [0, 0.05) is 44.1 Å². The first-order chi connectivity index (χ1) is 10.7. The fraction of sp³-hybridized carbons (Fsp3) is 0.400. The van der Waals surface area contributed by atoms with E-state index in [1.54, 1.807) is 6.20 Å². The van der Waals surface area contributed by atoms with E-state index in [0.717, 1.165) is 50.8 Å². The summed E-state index contributed by atoms with van der Waals surface area (Å²) in [4.78, 5) is 16.8. The maximum Gasteiger partial charge on any atom is 0.228 e. The molecule has 3 rings (SSSR count). The first-order valence-corrected chi connectivity index (χ1v) is 7.42. The van der Waals surface area contributed by atoms with Crippen LogP contribution in [0.25, 0.3) is 0 Å². The molecular weight excluding hydrogens is 283 g/mol. The molecule has 0 radical (unpaired) electrons. The van der Waals surface area contributed by atoms with Crippen molar-refractivity contribution in [2.45, 2.75) is 6.92 Å². The van der Waals surface area contributed by atoms with Gasteiger partial charge in [-0.1, -0.05) is 6.92 Å². The molecule has 0 bridgehead atoms. The summed E-state index contributed by atoms with van der Waals surface area (Å²) in [6, 6.07) is 3.96. The van der Waals surface area contributed by atoms with Crippen LogP contribution in [0, 0.1) is 5.82 Å². The lowest BCUT2D eigenvalue weighted by Gasteiger charge is -2.35. The van der Waals surface area contributed by atoms with Gasteiger partial charge in [0.25, 0.3) is 0 Å². The molecule has 1 aliphatic rings. The molecule has 1 saturated heterocycles. The lowest BCUT2D eigenvalue weighted by atomic mass is 10.2. The van der Waals surface area contributed by atoms with Crippen molar-refractivity contribution in [1.29, 1.82) is 0 Å². The molecule has 116 valence electrons. The van der Waals surface area contributed by atoms with Gasteiger partial charge in [0.1, 0.15) is 5.82 Å². The SMILES string of the molecule is CCN1CCN(c2ccnc(Nc3ncc(F)cn3)c2)CC1. The second kappa shape index (κ2) is 6.65. The van der Waals surface area contributed by atoms with Crippen LogP contribution in [0.5, 0.6) is 0 Å². The molecule has 6 nitrogen and oxygen atoms in total. The van der Waals surface area contributed by atoms with Crippen molar-refractivity contribution in [3.8, 4) is 0 Å². The number of nitrogens with zero attached hydrogens (tertiary/aromatic N) is 5. The van der Waals surface area contributed by atoms with Crippen LogP contribution in [-0.4, -0.2) is 52.6 Å². The summed E-state index contributed by atoms with van der Waals surface area (Å²) in [7, 11) is 0. The Morgan fingerprint density at radius 1 is 1.14 bits per heavy atom. The molecule has 2 aromatic rings. The van der Waals surface area contributed by atoms with Gasteiger partial charge in [-0.3, -0.25) is 0 Å². The Kier molecular flexibility index (Phi) is 4.43. The Morgan fingerprint density at radius 3 is 2.55 bits per heavy atom. The molecule has 0 aliphatic carbocycles. The van der Waals surface area contributed by atoms with Crippen molar-refractivity contribution in [2.24, 2.45) is 0 Å². The van der Waals surface area contributed by atoms with Crippen LogP contribution < -0.4 is 10.2 Å². The Morgan fingerprint density at radius 2 is 1.86 bits per heavy atom. The highest BCUT2D eigenvalue weighted by Gasteiger charge is 2.16. The zero-order valence-electron chi connectivity index (χ0n) is 12.5. The number of hydrogen-bond donors (Lipinski definition) is 1. The molecular formula is C15H19FN6. The van der Waals surface area contributed by atoms with Gasteiger partial charge >= 0.3 is 0 Å². The van der Waals surface area contributed by atoms with Crippen molar-refractivity contribution in [3.05, 3.63) is 36.5 Å². The van der Waals surface area contributed by atoms with Crippen molar-refractivity contribution in [2.75, 3.05) is 42.9 Å². The smallest absolute Gasteiger partial charge is 0.228 e. The van der Waals surface area contributed by atoms with E-state index in [9.17, 15) is 4.39 Å². The topological polar surface area (TPSA) is 57.2 Å². The minimum absolute atomic E-state index is 0.335. The van der Waals surface area contributed by atoms with Gasteiger partial charge in [-0.25, -0.2) is 19.3 Å². The summed E-state index contributed by atoms with van der Waals surface area (Å²) in [6.45, 7) is 7.44. The molecule has 22 heavy (non-hydrogen) atoms. The molecule has 0 aromatic carbocycles. The quantitative estimate of drug-likeness (QED) is 0.931. The normalized spacial score (nSPS) is 15.8. The van der Waals surface area contributed by atoms with Gasteiger partial charge in [0.2, 0.25) is 5.95 Å². The third kappa shape index (κ3) is 3.48. The van der Waals surface area contributed by atoms with Crippen LogP contribution in [0.1, 0.15) is 6.92 Å². The molecule has 0 spiro atoms. The highest BCUT2D eigenvalue weighted by Crippen LogP contribution is 2.20. The highest BCUT2D eigenvalue weighted by atomic mass is 19.1. The van der Waals surface area contributed by atoms with Gasteiger partial charge < -0.3 is 15.1 Å². The Bertz CT molecular complexity index is 610. The molecule has 0 atom stereocenters. The lowest BCUT2D eigenvalue weighted by molar-refractivity contribution is 0.271. The first kappa shape index (κ1) is 14.6. The molecule has 0 unspecified atom stereocenters. The lowest BCUT2D eigenvalue weighted by Crippen LogP contribution is -2.46. The van der Waals surface area contributed by atoms with E-state index in [1.165, 1.54) is 0 Å². The predicted molar refractivity (Wildman–Crippen MR) is 83.8 cm³/mol. The summed E-state index contributed by atoms with van der Waals surface area (Å²) in [5.74, 6) is 0.532. The fourth-order valence-corrected chi connectivity index (χ4v) is 2.50. The second-order valence-corrected chi connectivity index (χ2v) is 5.17. The monoisotopic (exact) mass is 302 g/mol. The van der Waals surface area contributed by atoms with E-state index >= 15 is 0 Å². The number of likely N-dealkylation sites (N-methyl/N-ethyl adjacent to an activating group) is 1. The van der Waals surface area contributed by atoms with E-state index in [1.807, 2.05) is 12.1 Å².